The first kappa shape index (κ1) is 22.2. The minimum atomic E-state index is -1.88. The minimum absolute atomic E-state index is 0.281. The number of carboxylic acid groups (broad SMARTS) is 1. The predicted octanol–water partition coefficient (Wildman–Crippen LogP) is 1.06. The maximum Gasteiger partial charge on any atom is 0.337 e. The summed E-state index contributed by atoms with van der Waals surface area (Å²) in [6.45, 7) is 4.58. The van der Waals surface area contributed by atoms with Gasteiger partial charge in [0.25, 0.3) is 0 Å². The van der Waals surface area contributed by atoms with Gasteiger partial charge < -0.3 is 28.8 Å². The van der Waals surface area contributed by atoms with Gasteiger partial charge in [-0.05, 0) is 12.1 Å². The molecule has 29 heavy (non-hydrogen) atoms. The Kier molecular flexibility index (Phi) is 6.80. The Morgan fingerprint density at radius 2 is 1.41 bits per heavy atom. The Bertz CT molecular complexity index is 776. The zero-order valence-corrected chi connectivity index (χ0v) is 16.3. The molecular weight excluding hydrogens is 388 g/mol. The fraction of sp³-hybridized carbons (Fsp3) is 0.474. The molecule has 0 spiro atoms. The van der Waals surface area contributed by atoms with Crippen molar-refractivity contribution in [2.75, 3.05) is 0 Å². The molecular formula is C19H22O10. The second kappa shape index (κ2) is 8.91. The van der Waals surface area contributed by atoms with Crippen molar-refractivity contribution in [1.29, 1.82) is 0 Å². The molecule has 1 aliphatic heterocycles. The fourth-order valence-corrected chi connectivity index (χ4v) is 3.02. The lowest BCUT2D eigenvalue weighted by Crippen LogP contribution is -2.69. The van der Waals surface area contributed by atoms with Crippen LogP contribution in [-0.2, 0) is 38.1 Å². The molecule has 1 aromatic carbocycles. The van der Waals surface area contributed by atoms with Crippen LogP contribution in [0.4, 0.5) is 0 Å². The third kappa shape index (κ3) is 5.44. The van der Waals surface area contributed by atoms with Crippen molar-refractivity contribution in [2.24, 2.45) is 0 Å². The number of esters is 3. The van der Waals surface area contributed by atoms with Gasteiger partial charge in [0.2, 0.25) is 11.9 Å². The maximum absolute atomic E-state index is 11.8. The molecule has 0 radical (unpaired) electrons. The summed E-state index contributed by atoms with van der Waals surface area (Å²) in [7, 11) is 0. The van der Waals surface area contributed by atoms with Crippen LogP contribution in [0.5, 0.6) is 5.75 Å². The van der Waals surface area contributed by atoms with Crippen LogP contribution in [0.25, 0.3) is 0 Å². The summed E-state index contributed by atoms with van der Waals surface area (Å²) in [6, 6.07) is 8.23. The van der Waals surface area contributed by atoms with Crippen LogP contribution >= 0.6 is 0 Å². The number of benzene rings is 1. The van der Waals surface area contributed by atoms with Crippen molar-refractivity contribution < 1.29 is 48.0 Å². The van der Waals surface area contributed by atoms with Gasteiger partial charge >= 0.3 is 23.9 Å². The normalized spacial score (nSPS) is 28.7. The quantitative estimate of drug-likeness (QED) is 0.536. The molecule has 1 N–H and O–H groups in total. The van der Waals surface area contributed by atoms with Gasteiger partial charge in [0.05, 0.1) is 0 Å². The Balaban J connectivity index is 2.55. The molecule has 1 aromatic rings. The van der Waals surface area contributed by atoms with Gasteiger partial charge in [-0.25, -0.2) is 4.79 Å². The Labute approximate surface area is 166 Å². The molecule has 10 nitrogen and oxygen atoms in total. The lowest BCUT2D eigenvalue weighted by atomic mass is 9.92. The van der Waals surface area contributed by atoms with Crippen LogP contribution in [0.15, 0.2) is 30.3 Å². The summed E-state index contributed by atoms with van der Waals surface area (Å²) in [5.74, 6) is -5.50. The second-order valence-corrected chi connectivity index (χ2v) is 6.49. The van der Waals surface area contributed by atoms with Gasteiger partial charge in [-0.3, -0.25) is 14.4 Å². The van der Waals surface area contributed by atoms with Gasteiger partial charge in [0, 0.05) is 27.7 Å². The molecule has 5 atom stereocenters. The first-order valence-electron chi connectivity index (χ1n) is 8.70. The number of rotatable bonds is 6. The second-order valence-electron chi connectivity index (χ2n) is 6.49. The predicted molar refractivity (Wildman–Crippen MR) is 94.6 cm³/mol. The van der Waals surface area contributed by atoms with Crippen molar-refractivity contribution in [3.8, 4) is 5.75 Å². The van der Waals surface area contributed by atoms with Gasteiger partial charge in [-0.1, -0.05) is 18.2 Å². The maximum atomic E-state index is 11.8. The van der Waals surface area contributed by atoms with E-state index in [1.54, 1.807) is 30.3 Å². The summed E-state index contributed by atoms with van der Waals surface area (Å²) in [5.41, 5.74) is 0. The topological polar surface area (TPSA) is 135 Å². The average Bonchev–Trinajstić information content (AvgIpc) is 2.60. The summed E-state index contributed by atoms with van der Waals surface area (Å²) in [6.07, 6.45) is -6.28. The molecule has 0 aliphatic carbocycles. The highest BCUT2D eigenvalue weighted by Crippen LogP contribution is 2.37. The van der Waals surface area contributed by atoms with E-state index < -0.39 is 54.1 Å². The van der Waals surface area contributed by atoms with Crippen LogP contribution in [-0.4, -0.2) is 59.2 Å². The van der Waals surface area contributed by atoms with Gasteiger partial charge in [-0.15, -0.1) is 0 Å². The van der Waals surface area contributed by atoms with E-state index in [2.05, 4.69) is 0 Å². The number of hydrogen-bond donors (Lipinski definition) is 1. The van der Waals surface area contributed by atoms with Gasteiger partial charge in [-0.2, -0.15) is 0 Å². The lowest BCUT2D eigenvalue weighted by molar-refractivity contribution is -0.326. The zero-order chi connectivity index (χ0) is 21.8. The highest BCUT2D eigenvalue weighted by molar-refractivity contribution is 5.75. The van der Waals surface area contributed by atoms with Crippen LogP contribution in [0.2, 0.25) is 0 Å². The SMILES string of the molecule is CC(=O)O[C@H]1[C@H](OC(C)=O)[C@@H](OC(C)=O)C(C)(Oc2ccccc2)O[C@@H]1C(=O)O. The van der Waals surface area contributed by atoms with Crippen molar-refractivity contribution in [2.45, 2.75) is 57.9 Å². The number of hydrogen-bond acceptors (Lipinski definition) is 9. The minimum Gasteiger partial charge on any atom is -0.479 e. The number of carbonyl (C=O) groups excluding carboxylic acids is 3. The molecule has 1 saturated heterocycles. The van der Waals surface area contributed by atoms with Gasteiger partial charge in [0.15, 0.2) is 18.3 Å². The van der Waals surface area contributed by atoms with Gasteiger partial charge in [0.1, 0.15) is 5.75 Å². The molecule has 0 saturated carbocycles. The summed E-state index contributed by atoms with van der Waals surface area (Å²) < 4.78 is 27.0. The van der Waals surface area contributed by atoms with Crippen LogP contribution in [0.1, 0.15) is 27.7 Å². The molecule has 0 bridgehead atoms. The van der Waals surface area contributed by atoms with Crippen molar-refractivity contribution in [1.82, 2.24) is 0 Å². The van der Waals surface area contributed by atoms with E-state index in [1.807, 2.05) is 0 Å². The number of aliphatic carboxylic acids is 1. The smallest absolute Gasteiger partial charge is 0.337 e. The first-order valence-corrected chi connectivity index (χ1v) is 8.70. The third-order valence-electron chi connectivity index (χ3n) is 4.00. The van der Waals surface area contributed by atoms with Crippen molar-refractivity contribution in [3.63, 3.8) is 0 Å². The average molecular weight is 410 g/mol. The molecule has 1 aliphatic rings. The first-order chi connectivity index (χ1) is 13.5. The fourth-order valence-electron chi connectivity index (χ4n) is 3.02. The van der Waals surface area contributed by atoms with E-state index in [-0.39, 0.29) is 5.75 Å². The monoisotopic (exact) mass is 410 g/mol. The highest BCUT2D eigenvalue weighted by atomic mass is 16.8. The highest BCUT2D eigenvalue weighted by Gasteiger charge is 2.61. The van der Waals surface area contributed by atoms with E-state index in [9.17, 15) is 24.3 Å². The van der Waals surface area contributed by atoms with E-state index in [0.717, 1.165) is 20.8 Å². The van der Waals surface area contributed by atoms with Crippen LogP contribution in [0.3, 0.4) is 0 Å². The number of para-hydroxylation sites is 1. The largest absolute Gasteiger partial charge is 0.479 e. The summed E-state index contributed by atoms with van der Waals surface area (Å²) in [5, 5.41) is 9.62. The Morgan fingerprint density at radius 3 is 1.90 bits per heavy atom. The van der Waals surface area contributed by atoms with E-state index in [0.29, 0.717) is 0 Å². The number of carbonyl (C=O) groups is 4. The molecule has 158 valence electrons. The Morgan fingerprint density at radius 1 is 0.897 bits per heavy atom. The number of carboxylic acids is 1. The lowest BCUT2D eigenvalue weighted by Gasteiger charge is -2.48. The van der Waals surface area contributed by atoms with Crippen molar-refractivity contribution >= 4 is 23.9 Å². The molecule has 0 aromatic heterocycles. The molecule has 10 heteroatoms. The molecule has 1 unspecified atom stereocenters. The van der Waals surface area contributed by atoms with E-state index in [4.69, 9.17) is 23.7 Å². The number of ether oxygens (including phenoxy) is 5. The standard InChI is InChI=1S/C19H22O10/c1-10(20)25-14-15(26-11(2)21)17(27-12(3)22)19(4,29-16(14)18(23)24)28-13-8-6-5-7-9-13/h5-9,14-17H,1-4H3,(H,23,24)/t14-,15-,16-,17+,19?/m0/s1. The van der Waals surface area contributed by atoms with Crippen LogP contribution < -0.4 is 4.74 Å². The van der Waals surface area contributed by atoms with Crippen molar-refractivity contribution in [3.05, 3.63) is 30.3 Å². The summed E-state index contributed by atoms with van der Waals surface area (Å²) in [4.78, 5) is 46.8. The Hall–Kier alpha value is -3.14. The van der Waals surface area contributed by atoms with E-state index in [1.165, 1.54) is 6.92 Å². The molecule has 1 fully saturated rings. The zero-order valence-electron chi connectivity index (χ0n) is 16.3. The molecule has 0 amide bonds. The molecule has 2 rings (SSSR count). The summed E-state index contributed by atoms with van der Waals surface area (Å²) >= 11 is 0. The third-order valence-corrected chi connectivity index (χ3v) is 4.00. The van der Waals surface area contributed by atoms with E-state index >= 15 is 0 Å². The van der Waals surface area contributed by atoms with Crippen LogP contribution in [0, 0.1) is 0 Å². The molecule has 1 heterocycles.